The highest BCUT2D eigenvalue weighted by atomic mass is 16.4. The van der Waals surface area contributed by atoms with Crippen LogP contribution in [0, 0.1) is 6.92 Å². The van der Waals surface area contributed by atoms with Gasteiger partial charge >= 0.3 is 5.97 Å². The van der Waals surface area contributed by atoms with Gasteiger partial charge in [0.15, 0.2) is 0 Å². The molecule has 1 fully saturated rings. The molecular weight excluding hydrogens is 420 g/mol. The minimum Gasteiger partial charge on any atom is -0.478 e. The summed E-state index contributed by atoms with van der Waals surface area (Å²) in [6, 6.07) is 12.0. The summed E-state index contributed by atoms with van der Waals surface area (Å²) in [5.74, 6) is -1.30. The lowest BCUT2D eigenvalue weighted by atomic mass is 10.1. The molecular formula is C25H32N4O4. The second-order valence-electron chi connectivity index (χ2n) is 8.32. The van der Waals surface area contributed by atoms with E-state index in [1.54, 1.807) is 24.3 Å². The van der Waals surface area contributed by atoms with E-state index >= 15 is 0 Å². The Balaban J connectivity index is 1.68. The van der Waals surface area contributed by atoms with Gasteiger partial charge in [0.25, 0.3) is 5.91 Å². The van der Waals surface area contributed by atoms with E-state index in [0.29, 0.717) is 50.5 Å². The number of amides is 2. The predicted octanol–water partition coefficient (Wildman–Crippen LogP) is 2.98. The highest BCUT2D eigenvalue weighted by molar-refractivity contribution is 6.06. The maximum absolute atomic E-state index is 12.8. The fourth-order valence-corrected chi connectivity index (χ4v) is 3.75. The number of aromatic carboxylic acids is 1. The Morgan fingerprint density at radius 2 is 1.64 bits per heavy atom. The van der Waals surface area contributed by atoms with Crippen molar-refractivity contribution in [1.29, 1.82) is 0 Å². The second kappa shape index (κ2) is 11.5. The summed E-state index contributed by atoms with van der Waals surface area (Å²) in [6.45, 7) is 7.85. The first kappa shape index (κ1) is 24.3. The Hall–Kier alpha value is -3.39. The fourth-order valence-electron chi connectivity index (χ4n) is 3.75. The Bertz CT molecular complexity index is 982. The molecule has 176 valence electrons. The number of piperazine rings is 1. The van der Waals surface area contributed by atoms with E-state index in [-0.39, 0.29) is 17.4 Å². The minimum absolute atomic E-state index is 0.0359. The third kappa shape index (κ3) is 6.79. The number of carboxylic acid groups (broad SMARTS) is 1. The van der Waals surface area contributed by atoms with Crippen LogP contribution in [0.4, 0.5) is 11.4 Å². The first-order chi connectivity index (χ1) is 15.9. The van der Waals surface area contributed by atoms with Crippen molar-refractivity contribution in [2.24, 2.45) is 0 Å². The standard InChI is InChI=1S/C25H32N4O4/c1-3-4-11-26-23(30)17-28-12-14-29(15-13-28)22-10-9-20(25(32)33)16-21(22)27-24(31)19-7-5-18(2)6-8-19/h5-10,16H,3-4,11-15,17H2,1-2H3,(H,26,30)(H,27,31)(H,32,33). The van der Waals surface area contributed by atoms with Gasteiger partial charge < -0.3 is 20.6 Å². The third-order valence-electron chi connectivity index (χ3n) is 5.74. The van der Waals surface area contributed by atoms with Gasteiger partial charge in [0.05, 0.1) is 23.5 Å². The Morgan fingerprint density at radius 3 is 2.27 bits per heavy atom. The lowest BCUT2D eigenvalue weighted by Gasteiger charge is -2.36. The molecule has 2 aromatic carbocycles. The first-order valence-electron chi connectivity index (χ1n) is 11.4. The molecule has 2 aromatic rings. The summed E-state index contributed by atoms with van der Waals surface area (Å²) in [7, 11) is 0. The summed E-state index contributed by atoms with van der Waals surface area (Å²) in [5.41, 5.74) is 2.90. The van der Waals surface area contributed by atoms with E-state index in [1.807, 2.05) is 19.1 Å². The maximum atomic E-state index is 12.8. The SMILES string of the molecule is CCCCNC(=O)CN1CCN(c2ccc(C(=O)O)cc2NC(=O)c2ccc(C)cc2)CC1. The smallest absolute Gasteiger partial charge is 0.335 e. The van der Waals surface area contributed by atoms with Gasteiger partial charge in [-0.3, -0.25) is 14.5 Å². The van der Waals surface area contributed by atoms with Crippen LogP contribution in [0.3, 0.4) is 0 Å². The number of carboxylic acids is 1. The fraction of sp³-hybridized carbons (Fsp3) is 0.400. The number of nitrogens with zero attached hydrogens (tertiary/aromatic N) is 2. The molecule has 8 heteroatoms. The van der Waals surface area contributed by atoms with Crippen LogP contribution >= 0.6 is 0 Å². The van der Waals surface area contributed by atoms with Crippen LogP contribution < -0.4 is 15.5 Å². The molecule has 0 unspecified atom stereocenters. The molecule has 0 aromatic heterocycles. The number of hydrogen-bond donors (Lipinski definition) is 3. The van der Waals surface area contributed by atoms with Crippen LogP contribution in [-0.4, -0.2) is 67.1 Å². The van der Waals surface area contributed by atoms with Crippen molar-refractivity contribution in [1.82, 2.24) is 10.2 Å². The monoisotopic (exact) mass is 452 g/mol. The maximum Gasteiger partial charge on any atom is 0.335 e. The molecule has 1 saturated heterocycles. The van der Waals surface area contributed by atoms with Gasteiger partial charge in [0.1, 0.15) is 0 Å². The zero-order valence-electron chi connectivity index (χ0n) is 19.3. The van der Waals surface area contributed by atoms with E-state index in [1.165, 1.54) is 6.07 Å². The molecule has 0 spiro atoms. The molecule has 3 N–H and O–H groups in total. The molecule has 8 nitrogen and oxygen atoms in total. The van der Waals surface area contributed by atoms with Crippen molar-refractivity contribution in [2.45, 2.75) is 26.7 Å². The minimum atomic E-state index is -1.05. The third-order valence-corrected chi connectivity index (χ3v) is 5.74. The summed E-state index contributed by atoms with van der Waals surface area (Å²) in [5, 5.41) is 15.2. The molecule has 2 amide bonds. The van der Waals surface area contributed by atoms with Gasteiger partial charge in [-0.15, -0.1) is 0 Å². The van der Waals surface area contributed by atoms with Crippen LogP contribution in [0.5, 0.6) is 0 Å². The molecule has 0 atom stereocenters. The number of anilines is 2. The quantitative estimate of drug-likeness (QED) is 0.506. The van der Waals surface area contributed by atoms with Crippen molar-refractivity contribution in [3.63, 3.8) is 0 Å². The normalized spacial score (nSPS) is 14.1. The van der Waals surface area contributed by atoms with E-state index in [0.717, 1.165) is 24.1 Å². The lowest BCUT2D eigenvalue weighted by molar-refractivity contribution is -0.122. The molecule has 0 aliphatic carbocycles. The van der Waals surface area contributed by atoms with Crippen LogP contribution in [0.1, 0.15) is 46.0 Å². The molecule has 3 rings (SSSR count). The van der Waals surface area contributed by atoms with Gasteiger partial charge in [0.2, 0.25) is 5.91 Å². The number of rotatable bonds is 9. The first-order valence-corrected chi connectivity index (χ1v) is 11.4. The van der Waals surface area contributed by atoms with Crippen molar-refractivity contribution in [3.05, 3.63) is 59.2 Å². The largest absolute Gasteiger partial charge is 0.478 e. The second-order valence-corrected chi connectivity index (χ2v) is 8.32. The van der Waals surface area contributed by atoms with Gasteiger partial charge in [-0.05, 0) is 43.7 Å². The molecule has 0 bridgehead atoms. The van der Waals surface area contributed by atoms with Crippen molar-refractivity contribution < 1.29 is 19.5 Å². The van der Waals surface area contributed by atoms with Crippen molar-refractivity contribution in [2.75, 3.05) is 49.5 Å². The summed E-state index contributed by atoms with van der Waals surface area (Å²) < 4.78 is 0. The number of nitrogens with one attached hydrogen (secondary N) is 2. The van der Waals surface area contributed by atoms with Gasteiger partial charge in [-0.25, -0.2) is 4.79 Å². The Labute approximate surface area is 194 Å². The highest BCUT2D eigenvalue weighted by Gasteiger charge is 2.22. The molecule has 1 aliphatic rings. The zero-order valence-corrected chi connectivity index (χ0v) is 19.3. The number of carbonyl (C=O) groups is 3. The lowest BCUT2D eigenvalue weighted by Crippen LogP contribution is -2.49. The molecule has 33 heavy (non-hydrogen) atoms. The van der Waals surface area contributed by atoms with Gasteiger partial charge in [0, 0.05) is 38.3 Å². The average molecular weight is 453 g/mol. The zero-order chi connectivity index (χ0) is 23.8. The molecule has 1 aliphatic heterocycles. The molecule has 0 radical (unpaired) electrons. The van der Waals surface area contributed by atoms with E-state index < -0.39 is 5.97 Å². The van der Waals surface area contributed by atoms with Gasteiger partial charge in [-0.2, -0.15) is 0 Å². The number of benzene rings is 2. The predicted molar refractivity (Wildman–Crippen MR) is 129 cm³/mol. The van der Waals surface area contributed by atoms with Crippen LogP contribution in [0.25, 0.3) is 0 Å². The van der Waals surface area contributed by atoms with Crippen molar-refractivity contribution >= 4 is 29.2 Å². The number of aryl methyl sites for hydroxylation is 1. The van der Waals surface area contributed by atoms with Crippen LogP contribution in [-0.2, 0) is 4.79 Å². The van der Waals surface area contributed by atoms with Crippen LogP contribution in [0.2, 0.25) is 0 Å². The topological polar surface area (TPSA) is 102 Å². The number of unbranched alkanes of at least 4 members (excludes halogenated alkanes) is 1. The van der Waals surface area contributed by atoms with E-state index in [4.69, 9.17) is 0 Å². The van der Waals surface area contributed by atoms with Crippen LogP contribution in [0.15, 0.2) is 42.5 Å². The van der Waals surface area contributed by atoms with Gasteiger partial charge in [-0.1, -0.05) is 31.0 Å². The Kier molecular flexibility index (Phi) is 8.43. The summed E-state index contributed by atoms with van der Waals surface area (Å²) >= 11 is 0. The molecule has 0 saturated carbocycles. The van der Waals surface area contributed by atoms with Crippen molar-refractivity contribution in [3.8, 4) is 0 Å². The summed E-state index contributed by atoms with van der Waals surface area (Å²) in [4.78, 5) is 40.6. The molecule has 1 heterocycles. The van der Waals surface area contributed by atoms with E-state index in [2.05, 4.69) is 27.4 Å². The average Bonchev–Trinajstić information content (AvgIpc) is 2.80. The Morgan fingerprint density at radius 1 is 0.970 bits per heavy atom. The van der Waals surface area contributed by atoms with E-state index in [9.17, 15) is 19.5 Å². The number of carbonyl (C=O) groups excluding carboxylic acids is 2. The number of hydrogen-bond acceptors (Lipinski definition) is 5. The highest BCUT2D eigenvalue weighted by Crippen LogP contribution is 2.29. The summed E-state index contributed by atoms with van der Waals surface area (Å²) in [6.07, 6.45) is 2.02.